The van der Waals surface area contributed by atoms with E-state index in [0.29, 0.717) is 4.74 Å². The fraction of sp³-hybridized carbons (Fsp3) is 0.600. The topological polar surface area (TPSA) is 73.3 Å². The van der Waals surface area contributed by atoms with Crippen molar-refractivity contribution in [1.82, 2.24) is 14.7 Å². The summed E-state index contributed by atoms with van der Waals surface area (Å²) in [5, 5.41) is 0. The van der Waals surface area contributed by atoms with Gasteiger partial charge in [-0.15, -0.1) is 0 Å². The number of carbonyl (C=O) groups is 3. The van der Waals surface area contributed by atoms with E-state index in [0.717, 1.165) is 4.90 Å². The standard InChI is InChI=1S/C10H13BrN4O3/c1-5(16)4-15-6-7(12-9(15)11)13(2)10(18)14(3)8(6)17/h6-7H,4H2,1-3H3/t6-,7-/m1/s1. The first-order valence-corrected chi connectivity index (χ1v) is 6.17. The number of likely N-dealkylation sites (N-methyl/N-ethyl adjacent to an activating group) is 2. The fourth-order valence-corrected chi connectivity index (χ4v) is 2.69. The maximum atomic E-state index is 12.1. The summed E-state index contributed by atoms with van der Waals surface area (Å²) >= 11 is 3.23. The van der Waals surface area contributed by atoms with Crippen LogP contribution in [0.5, 0.6) is 0 Å². The van der Waals surface area contributed by atoms with Crippen LogP contribution in [-0.2, 0) is 9.59 Å². The number of halogens is 1. The van der Waals surface area contributed by atoms with E-state index in [4.69, 9.17) is 0 Å². The Bertz CT molecular complexity index is 464. The number of amidine groups is 1. The molecule has 2 heterocycles. The minimum absolute atomic E-state index is 0.0715. The second-order valence-electron chi connectivity index (χ2n) is 4.38. The largest absolute Gasteiger partial charge is 0.328 e. The Kier molecular flexibility index (Phi) is 3.14. The molecule has 2 aliphatic heterocycles. The highest BCUT2D eigenvalue weighted by atomic mass is 79.9. The monoisotopic (exact) mass is 316 g/mol. The minimum atomic E-state index is -0.629. The van der Waals surface area contributed by atoms with E-state index in [1.165, 1.54) is 18.9 Å². The molecule has 2 rings (SSSR count). The molecule has 3 amide bonds. The van der Waals surface area contributed by atoms with Gasteiger partial charge in [0.15, 0.2) is 17.0 Å². The first-order valence-electron chi connectivity index (χ1n) is 5.38. The second-order valence-corrected chi connectivity index (χ2v) is 5.09. The number of rotatable bonds is 2. The number of ketones is 1. The Balaban J connectivity index is 2.35. The molecule has 1 fully saturated rings. The van der Waals surface area contributed by atoms with Gasteiger partial charge in [-0.25, -0.2) is 9.79 Å². The smallest absolute Gasteiger partial charge is 0.328 e. The van der Waals surface area contributed by atoms with Crippen LogP contribution in [0.15, 0.2) is 4.99 Å². The third-order valence-electron chi connectivity index (χ3n) is 3.06. The van der Waals surface area contributed by atoms with Gasteiger partial charge in [-0.3, -0.25) is 14.5 Å². The predicted molar refractivity (Wildman–Crippen MR) is 67.3 cm³/mol. The minimum Gasteiger partial charge on any atom is -0.328 e. The van der Waals surface area contributed by atoms with E-state index in [2.05, 4.69) is 20.9 Å². The van der Waals surface area contributed by atoms with Gasteiger partial charge < -0.3 is 9.80 Å². The average Bonchev–Trinajstić information content (AvgIpc) is 2.61. The summed E-state index contributed by atoms with van der Waals surface area (Å²) in [5.74, 6) is -0.416. The zero-order valence-electron chi connectivity index (χ0n) is 10.3. The molecule has 0 spiro atoms. The lowest BCUT2D eigenvalue weighted by Crippen LogP contribution is -2.64. The number of imide groups is 1. The van der Waals surface area contributed by atoms with Gasteiger partial charge in [0.2, 0.25) is 0 Å². The number of urea groups is 1. The van der Waals surface area contributed by atoms with Gasteiger partial charge in [0.1, 0.15) is 5.78 Å². The Morgan fingerprint density at radius 2 is 2.00 bits per heavy atom. The SMILES string of the molecule is CC(=O)CN1C(Br)=N[C@H]2[C@@H]1C(=O)N(C)C(=O)N2C. The van der Waals surface area contributed by atoms with Crippen molar-refractivity contribution in [2.75, 3.05) is 20.6 Å². The molecule has 1 saturated heterocycles. The highest BCUT2D eigenvalue weighted by Crippen LogP contribution is 2.28. The molecule has 7 nitrogen and oxygen atoms in total. The van der Waals surface area contributed by atoms with Crippen molar-refractivity contribution in [2.45, 2.75) is 19.1 Å². The summed E-state index contributed by atoms with van der Waals surface area (Å²) in [6, 6.07) is -1.02. The molecular weight excluding hydrogens is 304 g/mol. The Hall–Kier alpha value is -1.44. The van der Waals surface area contributed by atoms with Crippen LogP contribution in [0, 0.1) is 0 Å². The molecule has 0 aliphatic carbocycles. The molecule has 0 aromatic rings. The van der Waals surface area contributed by atoms with Gasteiger partial charge in [-0.2, -0.15) is 0 Å². The summed E-state index contributed by atoms with van der Waals surface area (Å²) in [5.41, 5.74) is 0. The van der Waals surface area contributed by atoms with E-state index in [1.54, 1.807) is 11.9 Å². The molecule has 0 unspecified atom stereocenters. The molecule has 0 bridgehead atoms. The third kappa shape index (κ3) is 1.80. The number of aliphatic imine (C=N–C) groups is 1. The molecule has 0 saturated carbocycles. The van der Waals surface area contributed by atoms with Crippen molar-refractivity contribution in [2.24, 2.45) is 4.99 Å². The van der Waals surface area contributed by atoms with Crippen LogP contribution in [0.25, 0.3) is 0 Å². The van der Waals surface area contributed by atoms with Crippen molar-refractivity contribution in [3.8, 4) is 0 Å². The summed E-state index contributed by atoms with van der Waals surface area (Å²) in [6.07, 6.45) is -0.574. The zero-order valence-corrected chi connectivity index (χ0v) is 11.8. The van der Waals surface area contributed by atoms with Crippen LogP contribution in [0.4, 0.5) is 4.79 Å². The van der Waals surface area contributed by atoms with Crippen molar-refractivity contribution < 1.29 is 14.4 Å². The second kappa shape index (κ2) is 4.34. The summed E-state index contributed by atoms with van der Waals surface area (Å²) in [7, 11) is 3.01. The van der Waals surface area contributed by atoms with Gasteiger partial charge in [-0.1, -0.05) is 0 Å². The molecule has 0 radical (unpaired) electrons. The van der Waals surface area contributed by atoms with Crippen molar-refractivity contribution in [3.05, 3.63) is 0 Å². The normalized spacial score (nSPS) is 27.6. The van der Waals surface area contributed by atoms with Gasteiger partial charge in [0.05, 0.1) is 6.54 Å². The molecule has 2 atom stereocenters. The van der Waals surface area contributed by atoms with Crippen LogP contribution >= 0.6 is 15.9 Å². The van der Waals surface area contributed by atoms with Gasteiger partial charge in [0.25, 0.3) is 5.91 Å². The number of nitrogens with zero attached hydrogens (tertiary/aromatic N) is 4. The number of hydrogen-bond acceptors (Lipinski definition) is 5. The van der Waals surface area contributed by atoms with Crippen LogP contribution < -0.4 is 0 Å². The lowest BCUT2D eigenvalue weighted by atomic mass is 10.1. The molecule has 2 aliphatic rings. The predicted octanol–water partition coefficient (Wildman–Crippen LogP) is -0.140. The fourth-order valence-electron chi connectivity index (χ4n) is 2.13. The highest BCUT2D eigenvalue weighted by molar-refractivity contribution is 9.18. The average molecular weight is 317 g/mol. The van der Waals surface area contributed by atoms with Crippen molar-refractivity contribution in [3.63, 3.8) is 0 Å². The summed E-state index contributed by atoms with van der Waals surface area (Å²) < 4.78 is 0.427. The molecule has 18 heavy (non-hydrogen) atoms. The van der Waals surface area contributed by atoms with Gasteiger partial charge in [-0.05, 0) is 22.9 Å². The van der Waals surface area contributed by atoms with Gasteiger partial charge >= 0.3 is 6.03 Å². The zero-order chi connectivity index (χ0) is 13.6. The maximum Gasteiger partial charge on any atom is 0.328 e. The van der Waals surface area contributed by atoms with E-state index >= 15 is 0 Å². The molecule has 98 valence electrons. The molecule has 8 heteroatoms. The lowest BCUT2D eigenvalue weighted by molar-refractivity contribution is -0.136. The van der Waals surface area contributed by atoms with Crippen molar-refractivity contribution in [1.29, 1.82) is 0 Å². The highest BCUT2D eigenvalue weighted by Gasteiger charge is 2.50. The van der Waals surface area contributed by atoms with E-state index < -0.39 is 18.2 Å². The summed E-state index contributed by atoms with van der Waals surface area (Å²) in [6.45, 7) is 1.53. The molecule has 0 aromatic carbocycles. The number of fused-ring (bicyclic) bond motifs is 1. The van der Waals surface area contributed by atoms with Crippen LogP contribution in [0.1, 0.15) is 6.92 Å². The van der Waals surface area contributed by atoms with Crippen LogP contribution in [0.3, 0.4) is 0 Å². The van der Waals surface area contributed by atoms with Gasteiger partial charge in [0, 0.05) is 14.1 Å². The van der Waals surface area contributed by atoms with E-state index in [9.17, 15) is 14.4 Å². The van der Waals surface area contributed by atoms with Crippen LogP contribution in [0.2, 0.25) is 0 Å². The quantitative estimate of drug-likeness (QED) is 0.665. The number of amides is 3. The lowest BCUT2D eigenvalue weighted by Gasteiger charge is -2.39. The van der Waals surface area contributed by atoms with E-state index in [-0.39, 0.29) is 18.2 Å². The number of carbonyl (C=O) groups excluding carboxylic acids is 3. The van der Waals surface area contributed by atoms with Crippen LogP contribution in [-0.4, -0.2) is 70.0 Å². The maximum absolute atomic E-state index is 12.1. The molecule has 0 N–H and O–H groups in total. The number of hydrogen-bond donors (Lipinski definition) is 0. The third-order valence-corrected chi connectivity index (χ3v) is 3.72. The molecular formula is C10H13BrN4O3. The van der Waals surface area contributed by atoms with Crippen molar-refractivity contribution >= 4 is 38.4 Å². The Morgan fingerprint density at radius 1 is 1.39 bits per heavy atom. The Morgan fingerprint density at radius 3 is 2.56 bits per heavy atom. The summed E-state index contributed by atoms with van der Waals surface area (Å²) in [4.78, 5) is 43.4. The van der Waals surface area contributed by atoms with E-state index in [1.807, 2.05) is 0 Å². The first kappa shape index (κ1) is 13.0. The Labute approximate surface area is 113 Å². The first-order chi connectivity index (χ1) is 8.34. The number of Topliss-reactive ketones (excluding diaryl/α,β-unsaturated/α-hetero) is 1. The molecule has 0 aromatic heterocycles.